The van der Waals surface area contributed by atoms with Crippen LogP contribution in [0.25, 0.3) is 0 Å². The predicted octanol–water partition coefficient (Wildman–Crippen LogP) is 2.53. The minimum atomic E-state index is 0.214. The highest BCUT2D eigenvalue weighted by Crippen LogP contribution is 2.40. The van der Waals surface area contributed by atoms with E-state index in [9.17, 15) is 4.79 Å². The van der Waals surface area contributed by atoms with Gasteiger partial charge in [-0.15, -0.1) is 0 Å². The molecule has 2 aliphatic rings. The predicted molar refractivity (Wildman–Crippen MR) is 88.7 cm³/mol. The van der Waals surface area contributed by atoms with Gasteiger partial charge in [-0.3, -0.25) is 4.79 Å². The molecular weight excluding hydrogens is 280 g/mol. The minimum absolute atomic E-state index is 0.214. The second-order valence-electron chi connectivity index (χ2n) is 6.11. The lowest BCUT2D eigenvalue weighted by atomic mass is 10.1. The molecule has 114 valence electrons. The van der Waals surface area contributed by atoms with Crippen molar-refractivity contribution in [2.75, 3.05) is 12.8 Å². The SMILES string of the molecule is CSC(CC(=O)NC1CC1c1ccccc1)C1CCCN1. The Morgan fingerprint density at radius 2 is 2.24 bits per heavy atom. The van der Waals surface area contributed by atoms with Crippen LogP contribution in [0.1, 0.15) is 37.2 Å². The Hall–Kier alpha value is -1.00. The van der Waals surface area contributed by atoms with Crippen molar-refractivity contribution in [3.05, 3.63) is 35.9 Å². The molecule has 3 nitrogen and oxygen atoms in total. The van der Waals surface area contributed by atoms with Gasteiger partial charge in [0.05, 0.1) is 0 Å². The van der Waals surface area contributed by atoms with E-state index in [1.807, 2.05) is 17.8 Å². The van der Waals surface area contributed by atoms with E-state index in [-0.39, 0.29) is 5.91 Å². The topological polar surface area (TPSA) is 41.1 Å². The molecule has 4 atom stereocenters. The Balaban J connectivity index is 1.46. The molecule has 1 aromatic carbocycles. The number of rotatable bonds is 6. The molecule has 1 aliphatic heterocycles. The van der Waals surface area contributed by atoms with Gasteiger partial charge in [-0.2, -0.15) is 11.8 Å². The maximum Gasteiger partial charge on any atom is 0.221 e. The van der Waals surface area contributed by atoms with E-state index in [0.717, 1.165) is 13.0 Å². The van der Waals surface area contributed by atoms with Crippen LogP contribution in [0.2, 0.25) is 0 Å². The molecular formula is C17H24N2OS. The van der Waals surface area contributed by atoms with Crippen LogP contribution >= 0.6 is 11.8 Å². The van der Waals surface area contributed by atoms with Crippen LogP contribution in [0.15, 0.2) is 30.3 Å². The van der Waals surface area contributed by atoms with Gasteiger partial charge in [0.15, 0.2) is 0 Å². The van der Waals surface area contributed by atoms with Gasteiger partial charge >= 0.3 is 0 Å². The molecule has 1 saturated heterocycles. The van der Waals surface area contributed by atoms with Crippen molar-refractivity contribution in [2.45, 2.75) is 48.9 Å². The summed E-state index contributed by atoms with van der Waals surface area (Å²) in [4.78, 5) is 12.2. The Morgan fingerprint density at radius 1 is 1.43 bits per heavy atom. The summed E-state index contributed by atoms with van der Waals surface area (Å²) >= 11 is 1.82. The molecule has 1 amide bonds. The summed E-state index contributed by atoms with van der Waals surface area (Å²) in [5.74, 6) is 0.735. The van der Waals surface area contributed by atoms with Crippen LogP contribution < -0.4 is 10.6 Å². The van der Waals surface area contributed by atoms with E-state index in [2.05, 4.69) is 41.2 Å². The quantitative estimate of drug-likeness (QED) is 0.848. The first-order valence-corrected chi connectivity index (χ1v) is 9.17. The molecule has 3 rings (SSSR count). The van der Waals surface area contributed by atoms with Gasteiger partial charge in [0.1, 0.15) is 0 Å². The maximum absolute atomic E-state index is 12.2. The molecule has 1 aromatic rings. The third-order valence-corrected chi connectivity index (χ3v) is 5.70. The van der Waals surface area contributed by atoms with Gasteiger partial charge in [0.25, 0.3) is 0 Å². The molecule has 0 aromatic heterocycles. The van der Waals surface area contributed by atoms with Crippen molar-refractivity contribution < 1.29 is 4.79 Å². The van der Waals surface area contributed by atoms with Gasteiger partial charge in [0.2, 0.25) is 5.91 Å². The first-order valence-electron chi connectivity index (χ1n) is 7.88. The number of hydrogen-bond donors (Lipinski definition) is 2. The summed E-state index contributed by atoms with van der Waals surface area (Å²) in [5, 5.41) is 7.13. The van der Waals surface area contributed by atoms with Crippen molar-refractivity contribution >= 4 is 17.7 Å². The van der Waals surface area contributed by atoms with E-state index >= 15 is 0 Å². The minimum Gasteiger partial charge on any atom is -0.353 e. The molecule has 0 spiro atoms. The number of hydrogen-bond acceptors (Lipinski definition) is 3. The highest BCUT2D eigenvalue weighted by Gasteiger charge is 2.39. The van der Waals surface area contributed by atoms with Gasteiger partial charge < -0.3 is 10.6 Å². The molecule has 1 saturated carbocycles. The summed E-state index contributed by atoms with van der Waals surface area (Å²) in [6.45, 7) is 1.10. The summed E-state index contributed by atoms with van der Waals surface area (Å²) < 4.78 is 0. The zero-order valence-electron chi connectivity index (χ0n) is 12.5. The van der Waals surface area contributed by atoms with Gasteiger partial charge in [0, 0.05) is 29.7 Å². The Kier molecular flexibility index (Phi) is 4.86. The van der Waals surface area contributed by atoms with E-state index in [4.69, 9.17) is 0 Å². The fourth-order valence-electron chi connectivity index (χ4n) is 3.29. The van der Waals surface area contributed by atoms with Crippen LogP contribution in [0, 0.1) is 0 Å². The Bertz CT molecular complexity index is 473. The summed E-state index contributed by atoms with van der Waals surface area (Å²) in [5.41, 5.74) is 1.35. The average molecular weight is 304 g/mol. The second kappa shape index (κ2) is 6.84. The highest BCUT2D eigenvalue weighted by molar-refractivity contribution is 7.99. The van der Waals surface area contributed by atoms with Crippen molar-refractivity contribution in [1.82, 2.24) is 10.6 Å². The van der Waals surface area contributed by atoms with Gasteiger partial charge in [-0.1, -0.05) is 30.3 Å². The first kappa shape index (κ1) is 14.9. The van der Waals surface area contributed by atoms with Crippen molar-refractivity contribution in [3.63, 3.8) is 0 Å². The Morgan fingerprint density at radius 3 is 2.90 bits per heavy atom. The van der Waals surface area contributed by atoms with Crippen molar-refractivity contribution in [2.24, 2.45) is 0 Å². The molecule has 4 unspecified atom stereocenters. The molecule has 4 heteroatoms. The zero-order chi connectivity index (χ0) is 14.7. The molecule has 0 radical (unpaired) electrons. The monoisotopic (exact) mass is 304 g/mol. The van der Waals surface area contributed by atoms with Crippen molar-refractivity contribution in [3.8, 4) is 0 Å². The van der Waals surface area contributed by atoms with E-state index in [1.165, 1.54) is 18.4 Å². The first-order chi connectivity index (χ1) is 10.3. The smallest absolute Gasteiger partial charge is 0.221 e. The lowest BCUT2D eigenvalue weighted by Crippen LogP contribution is -2.37. The number of carbonyl (C=O) groups excluding carboxylic acids is 1. The van der Waals surface area contributed by atoms with Gasteiger partial charge in [-0.25, -0.2) is 0 Å². The van der Waals surface area contributed by atoms with Crippen LogP contribution in [0.5, 0.6) is 0 Å². The fraction of sp³-hybridized carbons (Fsp3) is 0.588. The highest BCUT2D eigenvalue weighted by atomic mass is 32.2. The largest absolute Gasteiger partial charge is 0.353 e. The van der Waals surface area contributed by atoms with Gasteiger partial charge in [-0.05, 0) is 37.6 Å². The van der Waals surface area contributed by atoms with Crippen molar-refractivity contribution in [1.29, 1.82) is 0 Å². The normalized spacial score (nSPS) is 29.1. The van der Waals surface area contributed by atoms with E-state index in [0.29, 0.717) is 29.7 Å². The molecule has 0 bridgehead atoms. The summed E-state index contributed by atoms with van der Waals surface area (Å²) in [6.07, 6.45) is 6.27. The zero-order valence-corrected chi connectivity index (χ0v) is 13.4. The van der Waals surface area contributed by atoms with E-state index < -0.39 is 0 Å². The summed E-state index contributed by atoms with van der Waals surface area (Å²) in [7, 11) is 0. The summed E-state index contributed by atoms with van der Waals surface area (Å²) in [6, 6.07) is 11.4. The average Bonchev–Trinajstić information content (AvgIpc) is 3.05. The molecule has 21 heavy (non-hydrogen) atoms. The van der Waals surface area contributed by atoms with Crippen LogP contribution in [-0.4, -0.2) is 36.0 Å². The lowest BCUT2D eigenvalue weighted by Gasteiger charge is -2.21. The molecule has 1 aliphatic carbocycles. The third-order valence-electron chi connectivity index (χ3n) is 4.60. The number of thioether (sulfide) groups is 1. The number of benzene rings is 1. The van der Waals surface area contributed by atoms with E-state index in [1.54, 1.807) is 0 Å². The standard InChI is InChI=1S/C17H24N2OS/c1-21-16(14-8-5-9-18-14)11-17(20)19-15-10-13(15)12-6-3-2-4-7-12/h2-4,6-7,13-16,18H,5,8-11H2,1H3,(H,19,20). The van der Waals surface area contributed by atoms with Crippen LogP contribution in [0.3, 0.4) is 0 Å². The maximum atomic E-state index is 12.2. The molecule has 2 N–H and O–H groups in total. The molecule has 2 fully saturated rings. The number of carbonyl (C=O) groups is 1. The number of nitrogens with one attached hydrogen (secondary N) is 2. The van der Waals surface area contributed by atoms with Crippen LogP contribution in [-0.2, 0) is 4.79 Å². The molecule has 1 heterocycles. The number of amides is 1. The third kappa shape index (κ3) is 3.80. The second-order valence-corrected chi connectivity index (χ2v) is 7.18. The fourth-order valence-corrected chi connectivity index (χ4v) is 4.17. The lowest BCUT2D eigenvalue weighted by molar-refractivity contribution is -0.121. The Labute approximate surface area is 131 Å². The van der Waals surface area contributed by atoms with Crippen LogP contribution in [0.4, 0.5) is 0 Å².